The van der Waals surface area contributed by atoms with Crippen LogP contribution in [0.4, 0.5) is 0 Å². The van der Waals surface area contributed by atoms with Crippen LogP contribution >= 0.6 is 0 Å². The maximum atomic E-state index is 5.51. The summed E-state index contributed by atoms with van der Waals surface area (Å²) in [4.78, 5) is 5.51. The van der Waals surface area contributed by atoms with E-state index in [0.29, 0.717) is 0 Å². The number of benzene rings is 6. The SMILES string of the molecule is c1ccc(-n2c3ccccc3c3ccc(-n4c5ccccc5c5ccc6c7ccccc7n(-c7ccccc7)c6c54)nc32)cc1. The maximum Gasteiger partial charge on any atom is 0.148 e. The molecule has 6 aromatic carbocycles. The van der Waals surface area contributed by atoms with Gasteiger partial charge in [0.15, 0.2) is 0 Å². The molecule has 4 heterocycles. The molecule has 0 amide bonds. The van der Waals surface area contributed by atoms with Gasteiger partial charge in [-0.25, -0.2) is 4.98 Å². The highest BCUT2D eigenvalue weighted by Crippen LogP contribution is 2.42. The molecule has 0 radical (unpaired) electrons. The Balaban J connectivity index is 1.40. The summed E-state index contributed by atoms with van der Waals surface area (Å²) in [7, 11) is 0. The number of fused-ring (bicyclic) bond motifs is 10. The van der Waals surface area contributed by atoms with Crippen molar-refractivity contribution < 1.29 is 0 Å². The van der Waals surface area contributed by atoms with E-state index in [1.54, 1.807) is 0 Å². The second kappa shape index (κ2) is 9.18. The lowest BCUT2D eigenvalue weighted by molar-refractivity contribution is 1.06. The molecule has 0 bridgehead atoms. The van der Waals surface area contributed by atoms with Gasteiger partial charge in [-0.1, -0.05) is 103 Å². The zero-order valence-corrected chi connectivity index (χ0v) is 24.3. The highest BCUT2D eigenvalue weighted by Gasteiger charge is 2.22. The van der Waals surface area contributed by atoms with Crippen LogP contribution in [0.1, 0.15) is 0 Å². The van der Waals surface area contributed by atoms with Gasteiger partial charge in [0, 0.05) is 43.7 Å². The van der Waals surface area contributed by atoms with E-state index in [1.807, 2.05) is 0 Å². The molecule has 0 unspecified atom stereocenters. The lowest BCUT2D eigenvalue weighted by Crippen LogP contribution is -2.02. The summed E-state index contributed by atoms with van der Waals surface area (Å²) in [6.07, 6.45) is 0. The summed E-state index contributed by atoms with van der Waals surface area (Å²) in [6, 6.07) is 56.3. The zero-order chi connectivity index (χ0) is 29.5. The molecule has 10 aromatic rings. The molecular formula is C41H26N4. The molecule has 0 atom stereocenters. The number of hydrogen-bond donors (Lipinski definition) is 0. The van der Waals surface area contributed by atoms with E-state index in [9.17, 15) is 0 Å². The number of para-hydroxylation sites is 5. The Morgan fingerprint density at radius 3 is 1.33 bits per heavy atom. The van der Waals surface area contributed by atoms with E-state index < -0.39 is 0 Å². The molecule has 0 aliphatic rings. The fourth-order valence-corrected chi connectivity index (χ4v) is 7.38. The molecule has 0 fully saturated rings. The molecule has 0 aliphatic heterocycles. The van der Waals surface area contributed by atoms with Crippen molar-refractivity contribution in [1.29, 1.82) is 0 Å². The first-order valence-electron chi connectivity index (χ1n) is 15.3. The summed E-state index contributed by atoms with van der Waals surface area (Å²) in [5.74, 6) is 0.894. The minimum atomic E-state index is 0.894. The van der Waals surface area contributed by atoms with Crippen molar-refractivity contribution in [2.24, 2.45) is 0 Å². The van der Waals surface area contributed by atoms with Crippen LogP contribution < -0.4 is 0 Å². The van der Waals surface area contributed by atoms with Crippen LogP contribution in [-0.4, -0.2) is 18.7 Å². The van der Waals surface area contributed by atoms with E-state index >= 15 is 0 Å². The molecule has 0 aliphatic carbocycles. The topological polar surface area (TPSA) is 27.7 Å². The minimum absolute atomic E-state index is 0.894. The average Bonchev–Trinajstić information content (AvgIpc) is 3.74. The number of rotatable bonds is 3. The van der Waals surface area contributed by atoms with Gasteiger partial charge >= 0.3 is 0 Å². The maximum absolute atomic E-state index is 5.51. The summed E-state index contributed by atoms with van der Waals surface area (Å²) in [5.41, 5.74) is 9.00. The van der Waals surface area contributed by atoms with E-state index in [1.165, 1.54) is 38.0 Å². The number of nitrogens with zero attached hydrogens (tertiary/aromatic N) is 4. The summed E-state index contributed by atoms with van der Waals surface area (Å²) in [6.45, 7) is 0. The Morgan fingerprint density at radius 2 is 0.733 bits per heavy atom. The second-order valence-electron chi connectivity index (χ2n) is 11.6. The lowest BCUT2D eigenvalue weighted by atomic mass is 10.1. The third kappa shape index (κ3) is 3.34. The lowest BCUT2D eigenvalue weighted by Gasteiger charge is -2.13. The molecule has 4 aromatic heterocycles. The molecule has 0 N–H and O–H groups in total. The van der Waals surface area contributed by atoms with Gasteiger partial charge in [-0.3, -0.25) is 9.13 Å². The van der Waals surface area contributed by atoms with Gasteiger partial charge in [0.25, 0.3) is 0 Å². The molecule has 45 heavy (non-hydrogen) atoms. The van der Waals surface area contributed by atoms with Crippen LogP contribution in [-0.2, 0) is 0 Å². The Bertz CT molecular complexity index is 2750. The first-order valence-corrected chi connectivity index (χ1v) is 15.3. The molecule has 210 valence electrons. The second-order valence-corrected chi connectivity index (χ2v) is 11.6. The number of hydrogen-bond acceptors (Lipinski definition) is 1. The number of aromatic nitrogens is 4. The Labute approximate surface area is 258 Å². The van der Waals surface area contributed by atoms with E-state index in [2.05, 4.69) is 171 Å². The first-order chi connectivity index (χ1) is 22.4. The first kappa shape index (κ1) is 24.3. The predicted octanol–water partition coefficient (Wildman–Crippen LogP) is 10.4. The summed E-state index contributed by atoms with van der Waals surface area (Å²) < 4.78 is 7.08. The van der Waals surface area contributed by atoms with Crippen LogP contribution in [0.5, 0.6) is 0 Å². The van der Waals surface area contributed by atoms with Crippen molar-refractivity contribution in [2.75, 3.05) is 0 Å². The molecule has 0 spiro atoms. The van der Waals surface area contributed by atoms with Gasteiger partial charge in [-0.05, 0) is 54.6 Å². The molecular weight excluding hydrogens is 548 g/mol. The molecule has 10 rings (SSSR count). The molecule has 0 saturated carbocycles. The smallest absolute Gasteiger partial charge is 0.148 e. The number of pyridine rings is 1. The van der Waals surface area contributed by atoms with Gasteiger partial charge in [0.2, 0.25) is 0 Å². The van der Waals surface area contributed by atoms with Gasteiger partial charge in [-0.2, -0.15) is 0 Å². The summed E-state index contributed by atoms with van der Waals surface area (Å²) >= 11 is 0. The van der Waals surface area contributed by atoms with Crippen LogP contribution in [0, 0.1) is 0 Å². The largest absolute Gasteiger partial charge is 0.307 e. The van der Waals surface area contributed by atoms with Crippen molar-refractivity contribution in [3.63, 3.8) is 0 Å². The van der Waals surface area contributed by atoms with Crippen molar-refractivity contribution in [3.05, 3.63) is 158 Å². The van der Waals surface area contributed by atoms with E-state index in [4.69, 9.17) is 4.98 Å². The minimum Gasteiger partial charge on any atom is -0.307 e. The van der Waals surface area contributed by atoms with Crippen LogP contribution in [0.3, 0.4) is 0 Å². The van der Waals surface area contributed by atoms with Gasteiger partial charge in [0.05, 0.1) is 27.6 Å². The monoisotopic (exact) mass is 574 g/mol. The Morgan fingerprint density at radius 1 is 0.311 bits per heavy atom. The highest BCUT2D eigenvalue weighted by molar-refractivity contribution is 6.23. The summed E-state index contributed by atoms with van der Waals surface area (Å²) in [5, 5.41) is 7.23. The van der Waals surface area contributed by atoms with Gasteiger partial charge in [0.1, 0.15) is 11.5 Å². The normalized spacial score (nSPS) is 12.0. The third-order valence-electron chi connectivity index (χ3n) is 9.23. The predicted molar refractivity (Wildman–Crippen MR) is 187 cm³/mol. The van der Waals surface area contributed by atoms with Crippen molar-refractivity contribution in [1.82, 2.24) is 18.7 Å². The quantitative estimate of drug-likeness (QED) is 0.206. The van der Waals surface area contributed by atoms with Gasteiger partial charge < -0.3 is 4.57 Å². The molecule has 4 heteroatoms. The Hall–Kier alpha value is -6.13. The van der Waals surface area contributed by atoms with E-state index in [0.717, 1.165) is 44.8 Å². The van der Waals surface area contributed by atoms with E-state index in [-0.39, 0.29) is 0 Å². The molecule has 0 saturated heterocycles. The average molecular weight is 575 g/mol. The third-order valence-corrected chi connectivity index (χ3v) is 9.23. The fraction of sp³-hybridized carbons (Fsp3) is 0. The van der Waals surface area contributed by atoms with Gasteiger partial charge in [-0.15, -0.1) is 0 Å². The standard InChI is InChI=1S/C41H26N4/c1-3-13-27(14-4-1)43-35-20-10-7-17-29(35)32-23-24-33-30-18-8-12-22-37(30)45(40(33)39(32)43)38-26-25-34-31-19-9-11-21-36(31)44(41(34)42-38)28-15-5-2-6-16-28/h1-26H. The molecule has 4 nitrogen and oxygen atoms in total. The zero-order valence-electron chi connectivity index (χ0n) is 24.3. The Kier molecular flexibility index (Phi) is 4.96. The van der Waals surface area contributed by atoms with Crippen LogP contribution in [0.15, 0.2) is 158 Å². The highest BCUT2D eigenvalue weighted by atomic mass is 15.1. The van der Waals surface area contributed by atoms with Crippen molar-refractivity contribution in [3.8, 4) is 17.2 Å². The van der Waals surface area contributed by atoms with Crippen LogP contribution in [0.2, 0.25) is 0 Å². The fourth-order valence-electron chi connectivity index (χ4n) is 7.38. The van der Waals surface area contributed by atoms with Crippen molar-refractivity contribution >= 4 is 65.5 Å². The van der Waals surface area contributed by atoms with Crippen LogP contribution in [0.25, 0.3) is 82.7 Å². The van der Waals surface area contributed by atoms with Crippen molar-refractivity contribution in [2.45, 2.75) is 0 Å².